The summed E-state index contributed by atoms with van der Waals surface area (Å²) >= 11 is 0. The lowest BCUT2D eigenvalue weighted by molar-refractivity contribution is -0.139. The minimum absolute atomic E-state index is 0.0473. The molecular formula is C14H18O6S. The van der Waals surface area contributed by atoms with Crippen molar-refractivity contribution in [1.29, 1.82) is 0 Å². The summed E-state index contributed by atoms with van der Waals surface area (Å²) < 4.78 is 33.4. The molecule has 0 atom stereocenters. The number of carbonyl (C=O) groups is 1. The highest BCUT2D eigenvalue weighted by molar-refractivity contribution is 7.88. The largest absolute Gasteiger partial charge is 0.460 e. The molecule has 1 rings (SSSR count). The van der Waals surface area contributed by atoms with Crippen molar-refractivity contribution >= 4 is 22.2 Å². The molecule has 2 N–H and O–H groups in total. The van der Waals surface area contributed by atoms with Crippen LogP contribution in [0.5, 0.6) is 0 Å². The van der Waals surface area contributed by atoms with Crippen LogP contribution in [-0.2, 0) is 19.6 Å². The molecule has 1 aromatic carbocycles. The Morgan fingerprint density at radius 2 is 1.90 bits per heavy atom. The van der Waals surface area contributed by atoms with E-state index in [1.54, 1.807) is 31.2 Å². The molecule has 0 spiro atoms. The maximum absolute atomic E-state index is 10.5. The quantitative estimate of drug-likeness (QED) is 0.487. The Morgan fingerprint density at radius 1 is 1.33 bits per heavy atom. The van der Waals surface area contributed by atoms with E-state index in [4.69, 9.17) is 9.66 Å². The van der Waals surface area contributed by atoms with Gasteiger partial charge in [-0.1, -0.05) is 36.9 Å². The molecule has 0 aliphatic heterocycles. The fraction of sp³-hybridized carbons (Fsp3) is 0.214. The van der Waals surface area contributed by atoms with Gasteiger partial charge in [-0.2, -0.15) is 8.42 Å². The summed E-state index contributed by atoms with van der Waals surface area (Å²) in [5, 5.41) is 8.94. The van der Waals surface area contributed by atoms with Crippen LogP contribution in [-0.4, -0.2) is 37.3 Å². The predicted octanol–water partition coefficient (Wildman–Crippen LogP) is 1.64. The van der Waals surface area contributed by atoms with Crippen LogP contribution in [0, 0.1) is 0 Å². The van der Waals surface area contributed by atoms with Gasteiger partial charge in [-0.25, -0.2) is 4.79 Å². The lowest BCUT2D eigenvalue weighted by Crippen LogP contribution is -2.08. The van der Waals surface area contributed by atoms with Crippen molar-refractivity contribution in [3.05, 3.63) is 53.5 Å². The van der Waals surface area contributed by atoms with Gasteiger partial charge in [-0.05, 0) is 18.6 Å². The van der Waals surface area contributed by atoms with Crippen molar-refractivity contribution in [3.63, 3.8) is 0 Å². The van der Waals surface area contributed by atoms with Crippen LogP contribution in [0.4, 0.5) is 0 Å². The average molecular weight is 314 g/mol. The number of aliphatic hydroxyl groups excluding tert-OH is 1. The summed E-state index contributed by atoms with van der Waals surface area (Å²) in [6, 6.07) is 8.86. The van der Waals surface area contributed by atoms with E-state index in [2.05, 4.69) is 11.3 Å². The Morgan fingerprint density at radius 3 is 2.33 bits per heavy atom. The van der Waals surface area contributed by atoms with Crippen LogP contribution in [0.2, 0.25) is 0 Å². The Labute approximate surface area is 124 Å². The second kappa shape index (κ2) is 9.87. The number of esters is 1. The summed E-state index contributed by atoms with van der Waals surface area (Å²) in [5.74, 6) is -0.455. The highest BCUT2D eigenvalue weighted by atomic mass is 32.2. The molecule has 0 bridgehead atoms. The molecule has 0 saturated heterocycles. The first-order valence-corrected chi connectivity index (χ1v) is 7.40. The zero-order chi connectivity index (χ0) is 16.3. The number of hydrogen-bond donors (Lipinski definition) is 2. The first kappa shape index (κ1) is 19.0. The predicted molar refractivity (Wildman–Crippen MR) is 79.9 cm³/mol. The number of carbonyl (C=O) groups excluding carboxylic acids is 1. The van der Waals surface area contributed by atoms with E-state index in [1.165, 1.54) is 6.08 Å². The topological polar surface area (TPSA) is 101 Å². The second-order valence-electron chi connectivity index (χ2n) is 3.87. The molecular weight excluding hydrogens is 296 g/mol. The summed E-state index contributed by atoms with van der Waals surface area (Å²) in [7, 11) is -4.00. The highest BCUT2D eigenvalue weighted by Crippen LogP contribution is 2.01. The smallest absolute Gasteiger partial charge is 0.333 e. The molecule has 0 aliphatic rings. The van der Waals surface area contributed by atoms with Crippen LogP contribution in [0.1, 0.15) is 12.5 Å². The van der Waals surface area contributed by atoms with Crippen LogP contribution in [0.3, 0.4) is 0 Å². The fourth-order valence-corrected chi connectivity index (χ4v) is 1.32. The van der Waals surface area contributed by atoms with Gasteiger partial charge in [0.25, 0.3) is 10.1 Å². The zero-order valence-electron chi connectivity index (χ0n) is 11.6. The van der Waals surface area contributed by atoms with Crippen molar-refractivity contribution in [2.75, 3.05) is 13.2 Å². The summed E-state index contributed by atoms with van der Waals surface area (Å²) in [6.07, 6.45) is 1.33. The van der Waals surface area contributed by atoms with E-state index >= 15 is 0 Å². The van der Waals surface area contributed by atoms with Crippen LogP contribution >= 0.6 is 0 Å². The normalized spacial score (nSPS) is 10.6. The summed E-state index contributed by atoms with van der Waals surface area (Å²) in [5.41, 5.74) is 1.08. The molecule has 0 heterocycles. The Hall–Kier alpha value is -1.96. The molecule has 116 valence electrons. The number of hydrogen-bond acceptors (Lipinski definition) is 5. The molecule has 0 saturated carbocycles. The third-order valence-electron chi connectivity index (χ3n) is 1.90. The zero-order valence-corrected chi connectivity index (χ0v) is 12.4. The maximum atomic E-state index is 10.5. The van der Waals surface area contributed by atoms with Crippen LogP contribution < -0.4 is 0 Å². The molecule has 0 fully saturated rings. The lowest BCUT2D eigenvalue weighted by atomic mass is 10.2. The molecule has 0 unspecified atom stereocenters. The van der Waals surface area contributed by atoms with Crippen LogP contribution in [0.15, 0.2) is 47.9 Å². The van der Waals surface area contributed by atoms with Gasteiger partial charge in [-0.15, -0.1) is 0 Å². The maximum Gasteiger partial charge on any atom is 0.333 e. The third kappa shape index (κ3) is 11.6. The summed E-state index contributed by atoms with van der Waals surface area (Å²) in [4.78, 5) is 10.5. The standard InChI is InChI=1S/C8H8O3S.C6H10O3/c9-12(10,11)7-6-8-4-2-1-3-5-8;1-5(2)6(8)9-4-3-7/h1-7H,(H,9,10,11);7H,1,3-4H2,2H3. The minimum Gasteiger partial charge on any atom is -0.460 e. The van der Waals surface area contributed by atoms with Crippen molar-refractivity contribution in [3.8, 4) is 0 Å². The van der Waals surface area contributed by atoms with Crippen molar-refractivity contribution < 1.29 is 27.6 Å². The monoisotopic (exact) mass is 314 g/mol. The van der Waals surface area contributed by atoms with Crippen molar-refractivity contribution in [2.45, 2.75) is 6.92 Å². The van der Waals surface area contributed by atoms with E-state index in [-0.39, 0.29) is 13.2 Å². The van der Waals surface area contributed by atoms with Gasteiger partial charge in [0.1, 0.15) is 6.61 Å². The van der Waals surface area contributed by atoms with Crippen molar-refractivity contribution in [1.82, 2.24) is 0 Å². The van der Waals surface area contributed by atoms with E-state index in [1.807, 2.05) is 6.07 Å². The Kier molecular flexibility index (Phi) is 8.95. The SMILES string of the molecule is C=C(C)C(=O)OCCO.O=S(=O)(O)C=Cc1ccccc1. The van der Waals surface area contributed by atoms with E-state index in [0.717, 1.165) is 11.0 Å². The van der Waals surface area contributed by atoms with Gasteiger partial charge in [-0.3, -0.25) is 4.55 Å². The Bertz CT molecular complexity index is 575. The number of ether oxygens (including phenoxy) is 1. The first-order chi connectivity index (χ1) is 9.76. The second-order valence-corrected chi connectivity index (χ2v) is 5.17. The number of benzene rings is 1. The Balaban J connectivity index is 0.000000400. The highest BCUT2D eigenvalue weighted by Gasteiger charge is 1.99. The average Bonchev–Trinajstić information content (AvgIpc) is 2.43. The molecule has 0 radical (unpaired) electrons. The molecule has 7 heteroatoms. The van der Waals surface area contributed by atoms with Gasteiger partial charge >= 0.3 is 5.97 Å². The van der Waals surface area contributed by atoms with Gasteiger partial charge in [0.2, 0.25) is 0 Å². The van der Waals surface area contributed by atoms with Gasteiger partial charge in [0, 0.05) is 5.57 Å². The van der Waals surface area contributed by atoms with Crippen molar-refractivity contribution in [2.24, 2.45) is 0 Å². The fourth-order valence-electron chi connectivity index (χ4n) is 0.990. The minimum atomic E-state index is -4.00. The summed E-state index contributed by atoms with van der Waals surface area (Å²) in [6.45, 7) is 4.81. The number of aliphatic hydroxyl groups is 1. The first-order valence-electron chi connectivity index (χ1n) is 5.90. The molecule has 1 aromatic rings. The number of rotatable bonds is 5. The van der Waals surface area contributed by atoms with Gasteiger partial charge in [0.15, 0.2) is 0 Å². The van der Waals surface area contributed by atoms with E-state index < -0.39 is 16.1 Å². The molecule has 0 aliphatic carbocycles. The third-order valence-corrected chi connectivity index (χ3v) is 2.38. The molecule has 6 nitrogen and oxygen atoms in total. The lowest BCUT2D eigenvalue weighted by Gasteiger charge is -1.99. The molecule has 21 heavy (non-hydrogen) atoms. The molecule has 0 amide bonds. The van der Waals surface area contributed by atoms with Gasteiger partial charge < -0.3 is 9.84 Å². The molecule has 0 aromatic heterocycles. The van der Waals surface area contributed by atoms with E-state index in [9.17, 15) is 13.2 Å². The van der Waals surface area contributed by atoms with Gasteiger partial charge in [0.05, 0.1) is 12.0 Å². The van der Waals surface area contributed by atoms with E-state index in [0.29, 0.717) is 5.57 Å². The van der Waals surface area contributed by atoms with Crippen LogP contribution in [0.25, 0.3) is 6.08 Å².